The molecule has 6 rings (SSSR count). The molecule has 0 amide bonds. The van der Waals surface area contributed by atoms with Crippen molar-refractivity contribution in [1.82, 2.24) is 4.98 Å². The van der Waals surface area contributed by atoms with Crippen LogP contribution in [0.5, 0.6) is 5.75 Å². The van der Waals surface area contributed by atoms with Gasteiger partial charge in [-0.1, -0.05) is 55.3 Å². The standard InChI is InChI=1S/C35H41ClN2O3/c1-24(23-41-32-14-19-37-31-13-4-2-3-11-29(31)32)20-26-21-25-8-5-6-12-30(25)34(26)15-17-35(18-16-34,33(39)40)38-28-10-7-9-27(36)22-28/h5-10,12,14,19,22,24,26,38H,2-4,11,13,15-18,20-21,23H2,1H3,(H,39,40)/t24-,26?,34?,35?/m1/s1. The van der Waals surface area contributed by atoms with Crippen molar-refractivity contribution in [2.75, 3.05) is 11.9 Å². The molecule has 1 saturated carbocycles. The van der Waals surface area contributed by atoms with Gasteiger partial charge in [-0.3, -0.25) is 4.98 Å². The quantitative estimate of drug-likeness (QED) is 0.267. The third-order valence-corrected chi connectivity index (χ3v) is 10.3. The average molecular weight is 573 g/mol. The molecule has 2 atom stereocenters. The molecule has 1 unspecified atom stereocenters. The van der Waals surface area contributed by atoms with Crippen molar-refractivity contribution in [3.05, 3.63) is 88.2 Å². The number of aryl methyl sites for hydroxylation is 1. The lowest BCUT2D eigenvalue weighted by Crippen LogP contribution is -2.53. The number of rotatable bonds is 8. The molecule has 5 nitrogen and oxygen atoms in total. The van der Waals surface area contributed by atoms with Gasteiger partial charge in [0.15, 0.2) is 0 Å². The third-order valence-electron chi connectivity index (χ3n) is 10.1. The van der Waals surface area contributed by atoms with E-state index in [0.717, 1.165) is 50.0 Å². The summed E-state index contributed by atoms with van der Waals surface area (Å²) in [6.45, 7) is 3.00. The Bertz CT molecular complexity index is 1400. The molecule has 216 valence electrons. The Hall–Kier alpha value is -3.05. The first-order valence-electron chi connectivity index (χ1n) is 15.3. The number of fused-ring (bicyclic) bond motifs is 3. The van der Waals surface area contributed by atoms with Crippen molar-refractivity contribution in [2.45, 2.75) is 88.5 Å². The van der Waals surface area contributed by atoms with E-state index in [-0.39, 0.29) is 5.41 Å². The number of halogens is 1. The van der Waals surface area contributed by atoms with Gasteiger partial charge in [0.05, 0.1) is 6.61 Å². The molecule has 0 bridgehead atoms. The summed E-state index contributed by atoms with van der Waals surface area (Å²) in [5, 5.41) is 14.4. The highest BCUT2D eigenvalue weighted by Crippen LogP contribution is 2.56. The first-order valence-corrected chi connectivity index (χ1v) is 15.7. The largest absolute Gasteiger partial charge is 0.493 e. The summed E-state index contributed by atoms with van der Waals surface area (Å²) in [5.74, 6) is 1.08. The highest BCUT2D eigenvalue weighted by molar-refractivity contribution is 6.30. The summed E-state index contributed by atoms with van der Waals surface area (Å²) in [5.41, 5.74) is 5.15. The fourth-order valence-corrected chi connectivity index (χ4v) is 8.09. The van der Waals surface area contributed by atoms with Gasteiger partial charge in [0.2, 0.25) is 0 Å². The minimum absolute atomic E-state index is 0.00638. The highest BCUT2D eigenvalue weighted by Gasteiger charge is 2.54. The van der Waals surface area contributed by atoms with E-state index in [1.54, 1.807) is 0 Å². The second kappa shape index (κ2) is 11.7. The number of carbonyl (C=O) groups is 1. The number of carboxylic acid groups (broad SMARTS) is 1. The summed E-state index contributed by atoms with van der Waals surface area (Å²) >= 11 is 6.22. The van der Waals surface area contributed by atoms with E-state index in [1.165, 1.54) is 41.6 Å². The second-order valence-corrected chi connectivity index (χ2v) is 13.1. The number of hydrogen-bond acceptors (Lipinski definition) is 4. The fourth-order valence-electron chi connectivity index (χ4n) is 7.90. The van der Waals surface area contributed by atoms with Gasteiger partial charge in [-0.15, -0.1) is 0 Å². The van der Waals surface area contributed by atoms with Gasteiger partial charge >= 0.3 is 5.97 Å². The number of aliphatic carboxylic acids is 1. The number of carboxylic acids is 1. The molecular formula is C35H41ClN2O3. The fraction of sp³-hybridized carbons (Fsp3) is 0.486. The number of anilines is 1. The van der Waals surface area contributed by atoms with E-state index < -0.39 is 11.5 Å². The smallest absolute Gasteiger partial charge is 0.329 e. The van der Waals surface area contributed by atoms with Crippen LogP contribution in [0, 0.1) is 11.8 Å². The monoisotopic (exact) mass is 572 g/mol. The predicted octanol–water partition coefficient (Wildman–Crippen LogP) is 8.03. The van der Waals surface area contributed by atoms with E-state index in [0.29, 0.717) is 36.3 Å². The lowest BCUT2D eigenvalue weighted by atomic mass is 9.59. The van der Waals surface area contributed by atoms with Crippen molar-refractivity contribution in [1.29, 1.82) is 0 Å². The maximum Gasteiger partial charge on any atom is 0.329 e. The van der Waals surface area contributed by atoms with Gasteiger partial charge in [-0.05, 0) is 117 Å². The Morgan fingerprint density at radius 3 is 2.68 bits per heavy atom. The zero-order valence-corrected chi connectivity index (χ0v) is 24.8. The van der Waals surface area contributed by atoms with Crippen molar-refractivity contribution >= 4 is 23.3 Å². The van der Waals surface area contributed by atoms with Crippen molar-refractivity contribution in [2.24, 2.45) is 11.8 Å². The second-order valence-electron chi connectivity index (χ2n) is 12.7. The van der Waals surface area contributed by atoms with Gasteiger partial charge in [0.25, 0.3) is 0 Å². The molecular weight excluding hydrogens is 532 g/mol. The Morgan fingerprint density at radius 2 is 1.88 bits per heavy atom. The first kappa shape index (κ1) is 28.1. The van der Waals surface area contributed by atoms with Crippen LogP contribution in [0.15, 0.2) is 60.8 Å². The number of nitrogens with zero attached hydrogens (tertiary/aromatic N) is 1. The van der Waals surface area contributed by atoms with Gasteiger partial charge in [0.1, 0.15) is 11.3 Å². The molecule has 0 radical (unpaired) electrons. The Morgan fingerprint density at radius 1 is 1.07 bits per heavy atom. The molecule has 3 aliphatic carbocycles. The van der Waals surface area contributed by atoms with Crippen LogP contribution in [0.25, 0.3) is 0 Å². The zero-order valence-electron chi connectivity index (χ0n) is 24.0. The van der Waals surface area contributed by atoms with E-state index in [4.69, 9.17) is 16.3 Å². The van der Waals surface area contributed by atoms with Gasteiger partial charge < -0.3 is 15.2 Å². The summed E-state index contributed by atoms with van der Waals surface area (Å²) in [7, 11) is 0. The van der Waals surface area contributed by atoms with Crippen LogP contribution >= 0.6 is 11.6 Å². The van der Waals surface area contributed by atoms with Crippen molar-refractivity contribution in [3.8, 4) is 5.75 Å². The average Bonchev–Trinajstić information content (AvgIpc) is 3.09. The number of pyridine rings is 1. The van der Waals surface area contributed by atoms with E-state index in [1.807, 2.05) is 36.5 Å². The number of nitrogens with one attached hydrogen (secondary N) is 1. The van der Waals surface area contributed by atoms with Crippen LogP contribution in [0.3, 0.4) is 0 Å². The molecule has 2 aromatic carbocycles. The van der Waals surface area contributed by atoms with Crippen LogP contribution in [-0.2, 0) is 29.5 Å². The van der Waals surface area contributed by atoms with Gasteiger partial charge in [0, 0.05) is 28.2 Å². The van der Waals surface area contributed by atoms with Crippen LogP contribution in [0.1, 0.15) is 80.7 Å². The minimum atomic E-state index is -0.994. The number of hydrogen-bond donors (Lipinski definition) is 2. The topological polar surface area (TPSA) is 71.5 Å². The van der Waals surface area contributed by atoms with E-state index >= 15 is 0 Å². The number of aromatic nitrogens is 1. The molecule has 41 heavy (non-hydrogen) atoms. The van der Waals surface area contributed by atoms with Crippen molar-refractivity contribution < 1.29 is 14.6 Å². The highest BCUT2D eigenvalue weighted by atomic mass is 35.5. The lowest BCUT2D eigenvalue weighted by molar-refractivity contribution is -0.144. The van der Waals surface area contributed by atoms with Crippen LogP contribution in [-0.4, -0.2) is 28.2 Å². The summed E-state index contributed by atoms with van der Waals surface area (Å²) < 4.78 is 6.49. The molecule has 1 heterocycles. The molecule has 1 spiro atoms. The van der Waals surface area contributed by atoms with Crippen molar-refractivity contribution in [3.63, 3.8) is 0 Å². The minimum Gasteiger partial charge on any atom is -0.493 e. The molecule has 3 aromatic rings. The Balaban J connectivity index is 1.18. The van der Waals surface area contributed by atoms with Crippen LogP contribution in [0.2, 0.25) is 5.02 Å². The van der Waals surface area contributed by atoms with Crippen LogP contribution < -0.4 is 10.1 Å². The lowest BCUT2D eigenvalue weighted by Gasteiger charge is -2.47. The molecule has 2 N–H and O–H groups in total. The molecule has 1 fully saturated rings. The number of benzene rings is 2. The maximum absolute atomic E-state index is 12.7. The van der Waals surface area contributed by atoms with Gasteiger partial charge in [-0.25, -0.2) is 4.79 Å². The predicted molar refractivity (Wildman–Crippen MR) is 164 cm³/mol. The zero-order chi connectivity index (χ0) is 28.5. The summed E-state index contributed by atoms with van der Waals surface area (Å²) in [6.07, 6.45) is 12.6. The molecule has 0 saturated heterocycles. The van der Waals surface area contributed by atoms with E-state index in [9.17, 15) is 9.90 Å². The summed E-state index contributed by atoms with van der Waals surface area (Å²) in [4.78, 5) is 17.4. The molecule has 3 aliphatic rings. The normalized spacial score (nSPS) is 26.0. The Kier molecular flexibility index (Phi) is 8.00. The molecule has 1 aromatic heterocycles. The van der Waals surface area contributed by atoms with Gasteiger partial charge in [-0.2, -0.15) is 0 Å². The van der Waals surface area contributed by atoms with Crippen LogP contribution in [0.4, 0.5) is 5.69 Å². The number of ether oxygens (including phenoxy) is 1. The Labute approximate surface area is 248 Å². The first-order chi connectivity index (χ1) is 19.9. The molecule has 6 heteroatoms. The molecule has 0 aliphatic heterocycles. The van der Waals surface area contributed by atoms with E-state index in [2.05, 4.69) is 41.5 Å². The third kappa shape index (κ3) is 5.58. The maximum atomic E-state index is 12.7. The summed E-state index contributed by atoms with van der Waals surface area (Å²) in [6, 6.07) is 18.3. The SMILES string of the molecule is C[C@@H](COc1ccnc2c1CCCCC2)CC1Cc2ccccc2C12CCC(Nc1cccc(Cl)c1)(C(=O)O)CC2.